The molecule has 5 heteroatoms. The Morgan fingerprint density at radius 1 is 1.78 bits per heavy atom. The predicted molar refractivity (Wildman–Crippen MR) is 24.8 cm³/mol. The van der Waals surface area contributed by atoms with E-state index in [1.165, 1.54) is 0 Å². The molecule has 1 aliphatic rings. The molecular formula is C4H6O5. The van der Waals surface area contributed by atoms with E-state index >= 15 is 0 Å². The first-order chi connectivity index (χ1) is 4.29. The molecule has 1 aliphatic heterocycles. The van der Waals surface area contributed by atoms with E-state index in [2.05, 4.69) is 14.2 Å². The van der Waals surface area contributed by atoms with Crippen LogP contribution in [-0.4, -0.2) is 31.0 Å². The van der Waals surface area contributed by atoms with Gasteiger partial charge in [-0.15, -0.1) is 0 Å². The van der Waals surface area contributed by atoms with Crippen molar-refractivity contribution in [3.05, 3.63) is 0 Å². The molecule has 0 aromatic heterocycles. The molecule has 1 fully saturated rings. The molecule has 0 amide bonds. The van der Waals surface area contributed by atoms with Gasteiger partial charge in [0, 0.05) is 0 Å². The van der Waals surface area contributed by atoms with Crippen molar-refractivity contribution in [2.75, 3.05) is 13.4 Å². The monoisotopic (exact) mass is 134 g/mol. The van der Waals surface area contributed by atoms with Crippen LogP contribution in [0.3, 0.4) is 0 Å². The van der Waals surface area contributed by atoms with Gasteiger partial charge < -0.3 is 19.3 Å². The Morgan fingerprint density at radius 3 is 3.00 bits per heavy atom. The van der Waals surface area contributed by atoms with E-state index in [0.29, 0.717) is 0 Å². The lowest BCUT2D eigenvalue weighted by Crippen LogP contribution is -2.17. The maximum Gasteiger partial charge on any atom is 0.508 e. The van der Waals surface area contributed by atoms with Gasteiger partial charge in [0.25, 0.3) is 0 Å². The summed E-state index contributed by atoms with van der Waals surface area (Å²) in [5.74, 6) is 0. The summed E-state index contributed by atoms with van der Waals surface area (Å²) in [6.07, 6.45) is -2.08. The minimum atomic E-state index is -1.34. The molecule has 1 unspecified atom stereocenters. The molecule has 5 nitrogen and oxygen atoms in total. The molecular weight excluding hydrogens is 128 g/mol. The van der Waals surface area contributed by atoms with E-state index in [1.54, 1.807) is 0 Å². The van der Waals surface area contributed by atoms with Gasteiger partial charge >= 0.3 is 6.16 Å². The summed E-state index contributed by atoms with van der Waals surface area (Å²) in [5.41, 5.74) is 0. The third-order valence-corrected chi connectivity index (χ3v) is 0.823. The van der Waals surface area contributed by atoms with Gasteiger partial charge in [0.1, 0.15) is 6.61 Å². The molecule has 52 valence electrons. The van der Waals surface area contributed by atoms with Crippen molar-refractivity contribution >= 4 is 6.16 Å². The summed E-state index contributed by atoms with van der Waals surface area (Å²) >= 11 is 0. The highest BCUT2D eigenvalue weighted by molar-refractivity contribution is 5.56. The second-order valence-corrected chi connectivity index (χ2v) is 1.47. The van der Waals surface area contributed by atoms with Gasteiger partial charge in [-0.25, -0.2) is 4.79 Å². The number of rotatable bonds is 1. The van der Waals surface area contributed by atoms with Gasteiger partial charge in [0.2, 0.25) is 6.29 Å². The fraction of sp³-hybridized carbons (Fsp3) is 0.750. The van der Waals surface area contributed by atoms with E-state index < -0.39 is 12.4 Å². The highest BCUT2D eigenvalue weighted by atomic mass is 16.8. The van der Waals surface area contributed by atoms with E-state index in [4.69, 9.17) is 5.11 Å². The van der Waals surface area contributed by atoms with Gasteiger partial charge in [0.15, 0.2) is 6.79 Å². The molecule has 0 aromatic rings. The van der Waals surface area contributed by atoms with Crippen molar-refractivity contribution in [3.8, 4) is 0 Å². The molecule has 9 heavy (non-hydrogen) atoms. The topological polar surface area (TPSA) is 65.0 Å². The number of ether oxygens (including phenoxy) is 3. The lowest BCUT2D eigenvalue weighted by molar-refractivity contribution is -0.0807. The summed E-state index contributed by atoms with van der Waals surface area (Å²) in [5, 5.41) is 8.02. The zero-order valence-corrected chi connectivity index (χ0v) is 4.57. The maximum atomic E-state index is 9.80. The Hall–Kier alpha value is -0.810. The van der Waals surface area contributed by atoms with E-state index in [9.17, 15) is 4.79 Å². The Bertz CT molecular complexity index is 106. The fourth-order valence-corrected chi connectivity index (χ4v) is 0.497. The third-order valence-electron chi connectivity index (χ3n) is 0.823. The number of hydrogen-bond acceptors (Lipinski definition) is 4. The van der Waals surface area contributed by atoms with Crippen LogP contribution in [0, 0.1) is 0 Å². The summed E-state index contributed by atoms with van der Waals surface area (Å²) in [4.78, 5) is 9.80. The van der Waals surface area contributed by atoms with E-state index in [1.807, 2.05) is 0 Å². The highest BCUT2D eigenvalue weighted by Gasteiger charge is 2.19. The van der Waals surface area contributed by atoms with E-state index in [-0.39, 0.29) is 13.4 Å². The van der Waals surface area contributed by atoms with Gasteiger partial charge in [-0.3, -0.25) is 0 Å². The second kappa shape index (κ2) is 2.65. The zero-order valence-electron chi connectivity index (χ0n) is 4.57. The van der Waals surface area contributed by atoms with Crippen LogP contribution >= 0.6 is 0 Å². The normalized spacial score (nSPS) is 26.0. The quantitative estimate of drug-likeness (QED) is 0.512. The average Bonchev–Trinajstić information content (AvgIpc) is 2.15. The van der Waals surface area contributed by atoms with Crippen LogP contribution in [0.2, 0.25) is 0 Å². The fourth-order valence-electron chi connectivity index (χ4n) is 0.497. The van der Waals surface area contributed by atoms with Gasteiger partial charge in [-0.1, -0.05) is 0 Å². The molecule has 1 atom stereocenters. The first-order valence-corrected chi connectivity index (χ1v) is 2.38. The van der Waals surface area contributed by atoms with Gasteiger partial charge in [0.05, 0.1) is 0 Å². The van der Waals surface area contributed by atoms with Crippen LogP contribution in [0.4, 0.5) is 4.79 Å². The third kappa shape index (κ3) is 1.87. The average molecular weight is 134 g/mol. The van der Waals surface area contributed by atoms with Crippen LogP contribution < -0.4 is 0 Å². The van der Waals surface area contributed by atoms with Crippen LogP contribution in [0.15, 0.2) is 0 Å². The lowest BCUT2D eigenvalue weighted by Gasteiger charge is -2.03. The van der Waals surface area contributed by atoms with Crippen molar-refractivity contribution in [2.24, 2.45) is 0 Å². The first-order valence-electron chi connectivity index (χ1n) is 2.38. The molecule has 0 saturated carbocycles. The van der Waals surface area contributed by atoms with Crippen molar-refractivity contribution in [1.82, 2.24) is 0 Å². The van der Waals surface area contributed by atoms with Crippen molar-refractivity contribution < 1.29 is 24.1 Å². The summed E-state index contributed by atoms with van der Waals surface area (Å²) in [6, 6.07) is 0. The van der Waals surface area contributed by atoms with Gasteiger partial charge in [-0.05, 0) is 0 Å². The predicted octanol–water partition coefficient (Wildman–Crippen LogP) is 0.0114. The minimum Gasteiger partial charge on any atom is -0.450 e. The van der Waals surface area contributed by atoms with Crippen molar-refractivity contribution in [1.29, 1.82) is 0 Å². The van der Waals surface area contributed by atoms with Gasteiger partial charge in [-0.2, -0.15) is 0 Å². The summed E-state index contributed by atoms with van der Waals surface area (Å²) < 4.78 is 13.5. The summed E-state index contributed by atoms with van der Waals surface area (Å²) in [7, 11) is 0. The maximum absolute atomic E-state index is 9.80. The second-order valence-electron chi connectivity index (χ2n) is 1.47. The largest absolute Gasteiger partial charge is 0.508 e. The molecule has 0 spiro atoms. The minimum absolute atomic E-state index is 0.109. The molecule has 1 saturated heterocycles. The van der Waals surface area contributed by atoms with Crippen LogP contribution in [0.5, 0.6) is 0 Å². The Balaban J connectivity index is 2.19. The number of carbonyl (C=O) groups is 1. The number of carboxylic acid groups (broad SMARTS) is 1. The SMILES string of the molecule is O=C(O)OC1COCO1. The Morgan fingerprint density at radius 2 is 2.56 bits per heavy atom. The van der Waals surface area contributed by atoms with Crippen molar-refractivity contribution in [3.63, 3.8) is 0 Å². The lowest BCUT2D eigenvalue weighted by atomic mass is 10.7. The molecule has 0 aromatic carbocycles. The van der Waals surface area contributed by atoms with Crippen LogP contribution in [-0.2, 0) is 14.2 Å². The standard InChI is InChI=1S/C4H6O5/c5-4(6)9-3-1-7-2-8-3/h3H,1-2H2,(H,5,6). The van der Waals surface area contributed by atoms with Crippen LogP contribution in [0.1, 0.15) is 0 Å². The molecule has 0 bridgehead atoms. The molecule has 0 radical (unpaired) electrons. The molecule has 0 aliphatic carbocycles. The first kappa shape index (κ1) is 6.31. The Labute approximate surface area is 51.1 Å². The highest BCUT2D eigenvalue weighted by Crippen LogP contribution is 2.03. The molecule has 1 heterocycles. The molecule has 1 rings (SSSR count). The van der Waals surface area contributed by atoms with Crippen molar-refractivity contribution in [2.45, 2.75) is 6.29 Å². The molecule has 1 N–H and O–H groups in total. The smallest absolute Gasteiger partial charge is 0.450 e. The Kier molecular flexibility index (Phi) is 1.86. The number of hydrogen-bond donors (Lipinski definition) is 1. The zero-order chi connectivity index (χ0) is 6.69. The van der Waals surface area contributed by atoms with Crippen LogP contribution in [0.25, 0.3) is 0 Å². The van der Waals surface area contributed by atoms with E-state index in [0.717, 1.165) is 0 Å². The summed E-state index contributed by atoms with van der Waals surface area (Å²) in [6.45, 7) is 0.296.